The molecule has 0 radical (unpaired) electrons. The van der Waals surface area contributed by atoms with Crippen LogP contribution in [0.2, 0.25) is 0 Å². The Morgan fingerprint density at radius 1 is 0.943 bits per heavy atom. The molecule has 1 atom stereocenters. The monoisotopic (exact) mass is 472 g/mol. The molecule has 2 heterocycles. The standard InChI is InChI=1S/C28H28N2O5/c1-28(2,3)17-13-14-21(34-4)18(16-17)25(31)23-24(19-10-8-9-15-29-19)30(27(33)26(23)32)20-11-6-7-12-22(20)35-5/h6-16,24,31H,1-5H3/b25-23+. The molecular weight excluding hydrogens is 444 g/mol. The largest absolute Gasteiger partial charge is 0.507 e. The summed E-state index contributed by atoms with van der Waals surface area (Å²) in [6, 6.07) is 16.7. The molecule has 3 aromatic rings. The van der Waals surface area contributed by atoms with Gasteiger partial charge in [0.25, 0.3) is 11.7 Å². The molecule has 0 aliphatic carbocycles. The first-order valence-corrected chi connectivity index (χ1v) is 11.2. The number of pyridine rings is 1. The topological polar surface area (TPSA) is 89.0 Å². The van der Waals surface area contributed by atoms with Gasteiger partial charge in [0.15, 0.2) is 0 Å². The zero-order valence-corrected chi connectivity index (χ0v) is 20.4. The molecule has 180 valence electrons. The van der Waals surface area contributed by atoms with Gasteiger partial charge in [0, 0.05) is 6.20 Å². The zero-order valence-electron chi connectivity index (χ0n) is 20.4. The highest BCUT2D eigenvalue weighted by Gasteiger charge is 2.48. The van der Waals surface area contributed by atoms with E-state index in [0.717, 1.165) is 5.56 Å². The minimum absolute atomic E-state index is 0.0658. The van der Waals surface area contributed by atoms with Gasteiger partial charge >= 0.3 is 0 Å². The lowest BCUT2D eigenvalue weighted by Crippen LogP contribution is -2.30. The van der Waals surface area contributed by atoms with Crippen LogP contribution < -0.4 is 14.4 Å². The number of methoxy groups -OCH3 is 2. The normalized spacial score (nSPS) is 17.5. The van der Waals surface area contributed by atoms with Gasteiger partial charge in [0.05, 0.1) is 36.7 Å². The number of aliphatic hydroxyl groups excluding tert-OH is 1. The highest BCUT2D eigenvalue weighted by atomic mass is 16.5. The summed E-state index contributed by atoms with van der Waals surface area (Å²) in [6.07, 6.45) is 1.58. The molecule has 1 amide bonds. The van der Waals surface area contributed by atoms with Crippen LogP contribution in [0, 0.1) is 0 Å². The number of nitrogens with zero attached hydrogens (tertiary/aromatic N) is 2. The van der Waals surface area contributed by atoms with Gasteiger partial charge in [-0.25, -0.2) is 0 Å². The Labute approximate surface area is 204 Å². The van der Waals surface area contributed by atoms with E-state index in [-0.39, 0.29) is 16.7 Å². The molecular formula is C28H28N2O5. The van der Waals surface area contributed by atoms with Gasteiger partial charge in [-0.15, -0.1) is 0 Å². The highest BCUT2D eigenvalue weighted by molar-refractivity contribution is 6.51. The molecule has 35 heavy (non-hydrogen) atoms. The van der Waals surface area contributed by atoms with Crippen LogP contribution in [0.1, 0.15) is 43.6 Å². The third kappa shape index (κ3) is 4.25. The molecule has 0 spiro atoms. The quantitative estimate of drug-likeness (QED) is 0.319. The Balaban J connectivity index is 2.01. The van der Waals surface area contributed by atoms with Crippen molar-refractivity contribution in [2.24, 2.45) is 0 Å². The van der Waals surface area contributed by atoms with Gasteiger partial charge in [-0.1, -0.05) is 45.0 Å². The molecule has 1 aliphatic rings. The first-order chi connectivity index (χ1) is 16.7. The number of ether oxygens (including phenoxy) is 2. The number of anilines is 1. The van der Waals surface area contributed by atoms with Crippen LogP contribution in [0.3, 0.4) is 0 Å². The number of carbonyl (C=O) groups excluding carboxylic acids is 2. The summed E-state index contributed by atoms with van der Waals surface area (Å²) in [5, 5.41) is 11.6. The van der Waals surface area contributed by atoms with E-state index in [4.69, 9.17) is 9.47 Å². The molecule has 1 aromatic heterocycles. The van der Waals surface area contributed by atoms with E-state index in [1.165, 1.54) is 19.1 Å². The number of benzene rings is 2. The number of hydrogen-bond acceptors (Lipinski definition) is 6. The summed E-state index contributed by atoms with van der Waals surface area (Å²) in [5.41, 5.74) is 1.83. The SMILES string of the molecule is COc1ccc(C(C)(C)C)cc1/C(O)=C1\C(=O)C(=O)N(c2ccccc2OC)C1c1ccccn1. The smallest absolute Gasteiger partial charge is 0.300 e. The fourth-order valence-electron chi connectivity index (χ4n) is 4.23. The number of aromatic nitrogens is 1. The van der Waals surface area contributed by atoms with E-state index >= 15 is 0 Å². The summed E-state index contributed by atoms with van der Waals surface area (Å²) in [5.74, 6) is -1.11. The van der Waals surface area contributed by atoms with E-state index in [2.05, 4.69) is 4.98 Å². The molecule has 1 N–H and O–H groups in total. The van der Waals surface area contributed by atoms with Gasteiger partial charge < -0.3 is 14.6 Å². The van der Waals surface area contributed by atoms with Crippen molar-refractivity contribution in [2.75, 3.05) is 19.1 Å². The van der Waals surface area contributed by atoms with Gasteiger partial charge in [0.2, 0.25) is 0 Å². The Morgan fingerprint density at radius 3 is 2.26 bits per heavy atom. The van der Waals surface area contributed by atoms with Crippen molar-refractivity contribution in [1.29, 1.82) is 0 Å². The number of aliphatic hydroxyl groups is 1. The van der Waals surface area contributed by atoms with Gasteiger partial charge in [0.1, 0.15) is 23.3 Å². The minimum Gasteiger partial charge on any atom is -0.507 e. The summed E-state index contributed by atoms with van der Waals surface area (Å²) < 4.78 is 11.0. The Morgan fingerprint density at radius 2 is 1.63 bits per heavy atom. The average molecular weight is 473 g/mol. The van der Waals surface area contributed by atoms with Crippen LogP contribution >= 0.6 is 0 Å². The van der Waals surface area contributed by atoms with Crippen molar-refractivity contribution in [1.82, 2.24) is 4.98 Å². The first-order valence-electron chi connectivity index (χ1n) is 11.2. The van der Waals surface area contributed by atoms with E-state index in [1.54, 1.807) is 60.8 Å². The highest BCUT2D eigenvalue weighted by Crippen LogP contribution is 2.45. The molecule has 7 heteroatoms. The third-order valence-electron chi connectivity index (χ3n) is 6.08. The summed E-state index contributed by atoms with van der Waals surface area (Å²) in [4.78, 5) is 32.6. The number of Topliss-reactive ketones (excluding diaryl/α,β-unsaturated/α-hetero) is 1. The van der Waals surface area contributed by atoms with E-state index in [1.807, 2.05) is 26.8 Å². The lowest BCUT2D eigenvalue weighted by molar-refractivity contribution is -0.132. The summed E-state index contributed by atoms with van der Waals surface area (Å²) in [6.45, 7) is 6.15. The Kier molecular flexibility index (Phi) is 6.35. The van der Waals surface area contributed by atoms with Crippen molar-refractivity contribution in [3.63, 3.8) is 0 Å². The molecule has 1 aliphatic heterocycles. The van der Waals surface area contributed by atoms with E-state index < -0.39 is 17.7 Å². The molecule has 0 bridgehead atoms. The average Bonchev–Trinajstić information content (AvgIpc) is 3.13. The lowest BCUT2D eigenvalue weighted by atomic mass is 9.85. The number of rotatable bonds is 5. The number of ketones is 1. The predicted molar refractivity (Wildman–Crippen MR) is 134 cm³/mol. The lowest BCUT2D eigenvalue weighted by Gasteiger charge is -2.26. The fraction of sp³-hybridized carbons (Fsp3) is 0.250. The van der Waals surface area contributed by atoms with Gasteiger partial charge in [-0.3, -0.25) is 19.5 Å². The van der Waals surface area contributed by atoms with Crippen LogP contribution in [0.25, 0.3) is 5.76 Å². The summed E-state index contributed by atoms with van der Waals surface area (Å²) in [7, 11) is 2.99. The van der Waals surface area contributed by atoms with Crippen molar-refractivity contribution < 1.29 is 24.2 Å². The molecule has 7 nitrogen and oxygen atoms in total. The summed E-state index contributed by atoms with van der Waals surface area (Å²) >= 11 is 0. The van der Waals surface area contributed by atoms with E-state index in [0.29, 0.717) is 28.4 Å². The second kappa shape index (κ2) is 9.25. The Bertz CT molecular complexity index is 1310. The predicted octanol–water partition coefficient (Wildman–Crippen LogP) is 5.02. The van der Waals surface area contributed by atoms with Crippen LogP contribution in [-0.4, -0.2) is 36.0 Å². The molecule has 4 rings (SSSR count). The van der Waals surface area contributed by atoms with E-state index in [9.17, 15) is 14.7 Å². The number of amides is 1. The molecule has 0 saturated carbocycles. The van der Waals surface area contributed by atoms with Gasteiger partial charge in [-0.2, -0.15) is 0 Å². The van der Waals surface area contributed by atoms with Crippen LogP contribution in [0.15, 0.2) is 72.4 Å². The van der Waals surface area contributed by atoms with Crippen molar-refractivity contribution in [3.05, 3.63) is 89.3 Å². The number of para-hydroxylation sites is 2. The molecule has 2 aromatic carbocycles. The second-order valence-corrected chi connectivity index (χ2v) is 9.26. The fourth-order valence-corrected chi connectivity index (χ4v) is 4.23. The maximum atomic E-state index is 13.5. The Hall–Kier alpha value is -4.13. The maximum absolute atomic E-state index is 13.5. The number of hydrogen-bond donors (Lipinski definition) is 1. The van der Waals surface area contributed by atoms with Crippen LogP contribution in [-0.2, 0) is 15.0 Å². The molecule has 1 fully saturated rings. The molecule has 1 saturated heterocycles. The van der Waals surface area contributed by atoms with Crippen molar-refractivity contribution in [3.8, 4) is 11.5 Å². The minimum atomic E-state index is -0.963. The van der Waals surface area contributed by atoms with Crippen LogP contribution in [0.5, 0.6) is 11.5 Å². The number of carbonyl (C=O) groups is 2. The van der Waals surface area contributed by atoms with Gasteiger partial charge in [-0.05, 0) is 47.4 Å². The van der Waals surface area contributed by atoms with Crippen molar-refractivity contribution in [2.45, 2.75) is 32.2 Å². The maximum Gasteiger partial charge on any atom is 0.300 e. The van der Waals surface area contributed by atoms with Crippen LogP contribution in [0.4, 0.5) is 5.69 Å². The van der Waals surface area contributed by atoms with Crippen molar-refractivity contribution >= 4 is 23.1 Å². The second-order valence-electron chi connectivity index (χ2n) is 9.26. The molecule has 1 unspecified atom stereocenters. The zero-order chi connectivity index (χ0) is 25.3. The third-order valence-corrected chi connectivity index (χ3v) is 6.08. The first kappa shape index (κ1) is 24.0.